The summed E-state index contributed by atoms with van der Waals surface area (Å²) in [6.45, 7) is 11.7. The van der Waals surface area contributed by atoms with Gasteiger partial charge in [-0.1, -0.05) is 50.2 Å². The maximum atomic E-state index is 13.7. The van der Waals surface area contributed by atoms with Gasteiger partial charge in [-0.15, -0.1) is 0 Å². The molecule has 0 spiro atoms. The largest absolute Gasteiger partial charge is 0.449 e. The van der Waals surface area contributed by atoms with E-state index in [1.807, 2.05) is 56.3 Å². The molecule has 1 atom stereocenters. The first-order chi connectivity index (χ1) is 16.8. The van der Waals surface area contributed by atoms with E-state index in [0.717, 1.165) is 58.4 Å². The zero-order chi connectivity index (χ0) is 25.1. The number of fused-ring (bicyclic) bond motifs is 2. The lowest BCUT2D eigenvalue weighted by atomic mass is 9.95. The fourth-order valence-corrected chi connectivity index (χ4v) is 4.80. The Balaban J connectivity index is 1.66. The Hall–Kier alpha value is -3.25. The Kier molecular flexibility index (Phi) is 7.51. The summed E-state index contributed by atoms with van der Waals surface area (Å²) in [6.07, 6.45) is 1.08. The van der Waals surface area contributed by atoms with Gasteiger partial charge in [-0.25, -0.2) is 4.79 Å². The van der Waals surface area contributed by atoms with Gasteiger partial charge in [0.2, 0.25) is 0 Å². The number of benzene rings is 2. The van der Waals surface area contributed by atoms with E-state index in [9.17, 15) is 9.59 Å². The molecule has 2 heterocycles. The van der Waals surface area contributed by atoms with E-state index < -0.39 is 12.1 Å². The molecule has 1 aliphatic rings. The van der Waals surface area contributed by atoms with Crippen LogP contribution in [0.3, 0.4) is 0 Å². The Morgan fingerprint density at radius 3 is 2.60 bits per heavy atom. The number of aromatic nitrogens is 1. The van der Waals surface area contributed by atoms with E-state index in [4.69, 9.17) is 9.72 Å². The second-order valence-electron chi connectivity index (χ2n) is 9.50. The van der Waals surface area contributed by atoms with Crippen LogP contribution in [0.15, 0.2) is 42.5 Å². The topological polar surface area (TPSA) is 71.5 Å². The van der Waals surface area contributed by atoms with Crippen molar-refractivity contribution in [3.63, 3.8) is 0 Å². The van der Waals surface area contributed by atoms with Crippen molar-refractivity contribution in [2.75, 3.05) is 11.9 Å². The fraction of sp³-hybridized carbons (Fsp3) is 0.414. The molecule has 4 rings (SSSR count). The third kappa shape index (κ3) is 5.08. The summed E-state index contributed by atoms with van der Waals surface area (Å²) in [5.74, 6) is -0.770. The van der Waals surface area contributed by atoms with Crippen LogP contribution in [0.2, 0.25) is 0 Å². The minimum Gasteiger partial charge on any atom is -0.449 e. The number of hydrogen-bond donors (Lipinski definition) is 1. The molecule has 0 aliphatic carbocycles. The van der Waals surface area contributed by atoms with Crippen molar-refractivity contribution in [3.8, 4) is 0 Å². The van der Waals surface area contributed by atoms with E-state index in [1.165, 1.54) is 0 Å². The number of carbonyl (C=O) groups is 2. The molecule has 1 amide bonds. The molecular weight excluding hydrogens is 438 g/mol. The number of nitrogens with one attached hydrogen (secondary N) is 1. The molecule has 1 aromatic heterocycles. The van der Waals surface area contributed by atoms with Crippen molar-refractivity contribution in [1.82, 2.24) is 9.88 Å². The van der Waals surface area contributed by atoms with Gasteiger partial charge in [0.1, 0.15) is 0 Å². The molecule has 0 saturated heterocycles. The maximum absolute atomic E-state index is 13.7. The molecular formula is C29H35N3O3. The predicted octanol–water partition coefficient (Wildman–Crippen LogP) is 5.45. The van der Waals surface area contributed by atoms with Gasteiger partial charge < -0.3 is 10.1 Å². The summed E-state index contributed by atoms with van der Waals surface area (Å²) < 4.78 is 5.91. The van der Waals surface area contributed by atoms with Gasteiger partial charge in [-0.2, -0.15) is 0 Å². The number of rotatable bonds is 7. The van der Waals surface area contributed by atoms with Gasteiger partial charge >= 0.3 is 5.97 Å². The van der Waals surface area contributed by atoms with Crippen molar-refractivity contribution in [3.05, 3.63) is 70.4 Å². The van der Waals surface area contributed by atoms with Crippen LogP contribution in [-0.4, -0.2) is 40.5 Å². The zero-order valence-electron chi connectivity index (χ0n) is 21.4. The van der Waals surface area contributed by atoms with E-state index in [2.05, 4.69) is 31.0 Å². The summed E-state index contributed by atoms with van der Waals surface area (Å²) in [7, 11) is 0. The molecule has 1 unspecified atom stereocenters. The summed E-state index contributed by atoms with van der Waals surface area (Å²) in [5, 5.41) is 3.79. The molecule has 0 bridgehead atoms. The standard InChI is InChI=1S/C29H35N3O3/c1-6-20-12-10-11-19(5)27(20)31-28(33)25(7-2)35-29(34)26-21-13-8-9-14-23(21)30-24-15-16-32(18(3)4)17-22(24)26/h8-14,18,25H,6-7,15-17H2,1-5H3,(H,31,33). The SMILES string of the molecule is CCc1cccc(C)c1NC(=O)C(CC)OC(=O)c1c2c(nc3ccccc13)CCN(C(C)C)C2. The minimum atomic E-state index is -0.890. The lowest BCUT2D eigenvalue weighted by molar-refractivity contribution is -0.124. The monoisotopic (exact) mass is 473 g/mol. The van der Waals surface area contributed by atoms with Crippen LogP contribution in [0, 0.1) is 6.92 Å². The molecule has 0 saturated carbocycles. The highest BCUT2D eigenvalue weighted by molar-refractivity contribution is 6.06. The number of anilines is 1. The second kappa shape index (κ2) is 10.6. The molecule has 2 aromatic carbocycles. The number of nitrogens with zero attached hydrogens (tertiary/aromatic N) is 2. The smallest absolute Gasteiger partial charge is 0.340 e. The number of amides is 1. The van der Waals surface area contributed by atoms with Gasteiger partial charge in [0.15, 0.2) is 6.10 Å². The lowest BCUT2D eigenvalue weighted by Crippen LogP contribution is -2.38. The minimum absolute atomic E-state index is 0.305. The molecule has 184 valence electrons. The maximum Gasteiger partial charge on any atom is 0.340 e. The average molecular weight is 474 g/mol. The molecule has 6 heteroatoms. The van der Waals surface area contributed by atoms with Crippen LogP contribution in [0.1, 0.15) is 66.9 Å². The van der Waals surface area contributed by atoms with Crippen LogP contribution in [0.25, 0.3) is 10.9 Å². The highest BCUT2D eigenvalue weighted by atomic mass is 16.5. The van der Waals surface area contributed by atoms with Crippen molar-refractivity contribution < 1.29 is 14.3 Å². The highest BCUT2D eigenvalue weighted by Gasteiger charge is 2.30. The Morgan fingerprint density at radius 1 is 1.11 bits per heavy atom. The van der Waals surface area contributed by atoms with Gasteiger partial charge in [0.05, 0.1) is 11.1 Å². The summed E-state index contributed by atoms with van der Waals surface area (Å²) in [6, 6.07) is 14.0. The van der Waals surface area contributed by atoms with Crippen molar-refractivity contribution in [2.45, 2.75) is 72.6 Å². The number of ether oxygens (including phenoxy) is 1. The number of hydrogen-bond acceptors (Lipinski definition) is 5. The first-order valence-electron chi connectivity index (χ1n) is 12.6. The quantitative estimate of drug-likeness (QED) is 0.462. The van der Waals surface area contributed by atoms with Gasteiger partial charge in [0, 0.05) is 47.9 Å². The molecule has 6 nitrogen and oxygen atoms in total. The normalized spacial score (nSPS) is 14.6. The molecule has 0 fully saturated rings. The van der Waals surface area contributed by atoms with Gasteiger partial charge in [0.25, 0.3) is 5.91 Å². The lowest BCUT2D eigenvalue weighted by Gasteiger charge is -2.32. The Labute approximate surface area is 207 Å². The zero-order valence-corrected chi connectivity index (χ0v) is 21.4. The molecule has 0 radical (unpaired) electrons. The van der Waals surface area contributed by atoms with Crippen LogP contribution in [-0.2, 0) is 28.9 Å². The van der Waals surface area contributed by atoms with Crippen molar-refractivity contribution >= 4 is 28.5 Å². The Bertz CT molecular complexity index is 1250. The van der Waals surface area contributed by atoms with Gasteiger partial charge in [-0.3, -0.25) is 14.7 Å². The van der Waals surface area contributed by atoms with Crippen LogP contribution >= 0.6 is 0 Å². The molecule has 35 heavy (non-hydrogen) atoms. The van der Waals surface area contributed by atoms with Crippen molar-refractivity contribution in [1.29, 1.82) is 0 Å². The van der Waals surface area contributed by atoms with E-state index in [1.54, 1.807) is 0 Å². The number of aryl methyl sites for hydroxylation is 2. The third-order valence-corrected chi connectivity index (χ3v) is 6.91. The number of para-hydroxylation sites is 2. The van der Waals surface area contributed by atoms with E-state index >= 15 is 0 Å². The van der Waals surface area contributed by atoms with Crippen LogP contribution < -0.4 is 5.32 Å². The molecule has 3 aromatic rings. The summed E-state index contributed by atoms with van der Waals surface area (Å²) in [5.41, 5.74) is 6.01. The summed E-state index contributed by atoms with van der Waals surface area (Å²) in [4.78, 5) is 34.1. The number of carbonyl (C=O) groups excluding carboxylic acids is 2. The first-order valence-corrected chi connectivity index (χ1v) is 12.6. The highest BCUT2D eigenvalue weighted by Crippen LogP contribution is 2.30. The predicted molar refractivity (Wildman–Crippen MR) is 140 cm³/mol. The molecule has 1 N–H and O–H groups in total. The van der Waals surface area contributed by atoms with E-state index in [-0.39, 0.29) is 5.91 Å². The van der Waals surface area contributed by atoms with Gasteiger partial charge in [-0.05, 0) is 50.8 Å². The fourth-order valence-electron chi connectivity index (χ4n) is 4.80. The van der Waals surface area contributed by atoms with Crippen LogP contribution in [0.5, 0.6) is 0 Å². The number of esters is 1. The van der Waals surface area contributed by atoms with Crippen molar-refractivity contribution in [2.24, 2.45) is 0 Å². The average Bonchev–Trinajstić information content (AvgIpc) is 2.86. The van der Waals surface area contributed by atoms with E-state index in [0.29, 0.717) is 24.6 Å². The Morgan fingerprint density at radius 2 is 1.89 bits per heavy atom. The molecule has 1 aliphatic heterocycles. The van der Waals surface area contributed by atoms with Crippen LogP contribution in [0.4, 0.5) is 5.69 Å². The summed E-state index contributed by atoms with van der Waals surface area (Å²) >= 11 is 0. The second-order valence-corrected chi connectivity index (χ2v) is 9.50. The first kappa shape index (κ1) is 24.9. The third-order valence-electron chi connectivity index (χ3n) is 6.91. The number of pyridine rings is 1.